The van der Waals surface area contributed by atoms with Crippen LogP contribution >= 0.6 is 0 Å². The Morgan fingerprint density at radius 3 is 2.68 bits per heavy atom. The third-order valence-corrected chi connectivity index (χ3v) is 4.25. The molecule has 1 amide bonds. The quantitative estimate of drug-likeness (QED) is 0.734. The molecule has 0 aliphatic carbocycles. The van der Waals surface area contributed by atoms with Gasteiger partial charge in [0, 0.05) is 37.6 Å². The summed E-state index contributed by atoms with van der Waals surface area (Å²) in [6.07, 6.45) is 1.85. The Morgan fingerprint density at radius 2 is 2.04 bits per heavy atom. The first kappa shape index (κ1) is 19.1. The summed E-state index contributed by atoms with van der Waals surface area (Å²) in [7, 11) is 3.70. The van der Waals surface area contributed by atoms with Gasteiger partial charge in [0.05, 0.1) is 17.7 Å². The summed E-state index contributed by atoms with van der Waals surface area (Å²) in [5, 5.41) is 16.1. The van der Waals surface area contributed by atoms with Crippen molar-refractivity contribution >= 4 is 17.4 Å². The zero-order valence-electron chi connectivity index (χ0n) is 16.3. The first-order chi connectivity index (χ1) is 13.4. The van der Waals surface area contributed by atoms with Crippen molar-refractivity contribution in [1.82, 2.24) is 10.1 Å². The number of benzene rings is 1. The molecule has 142 valence electrons. The van der Waals surface area contributed by atoms with Crippen molar-refractivity contribution in [3.63, 3.8) is 0 Å². The average molecular weight is 375 g/mol. The number of rotatable bonds is 5. The molecule has 7 heteroatoms. The van der Waals surface area contributed by atoms with E-state index in [9.17, 15) is 10.1 Å². The molecule has 2 aromatic heterocycles. The van der Waals surface area contributed by atoms with Crippen molar-refractivity contribution in [3.8, 4) is 17.2 Å². The average Bonchev–Trinajstić information content (AvgIpc) is 3.07. The minimum absolute atomic E-state index is 0.113. The van der Waals surface area contributed by atoms with Crippen LogP contribution in [0, 0.1) is 25.2 Å². The molecule has 3 aromatic rings. The summed E-state index contributed by atoms with van der Waals surface area (Å²) in [4.78, 5) is 18.5. The third-order valence-electron chi connectivity index (χ3n) is 4.25. The monoisotopic (exact) mass is 375 g/mol. The molecule has 28 heavy (non-hydrogen) atoms. The highest BCUT2D eigenvalue weighted by molar-refractivity contribution is 5.93. The molecule has 0 atom stereocenters. The normalized spacial score (nSPS) is 10.4. The lowest BCUT2D eigenvalue weighted by atomic mass is 10.00. The van der Waals surface area contributed by atoms with Gasteiger partial charge >= 0.3 is 0 Å². The van der Waals surface area contributed by atoms with E-state index >= 15 is 0 Å². The fourth-order valence-corrected chi connectivity index (χ4v) is 2.92. The molecule has 0 aliphatic heterocycles. The van der Waals surface area contributed by atoms with Gasteiger partial charge in [0.2, 0.25) is 5.91 Å². The lowest BCUT2D eigenvalue weighted by molar-refractivity contribution is -0.115. The highest BCUT2D eigenvalue weighted by Crippen LogP contribution is 2.29. The van der Waals surface area contributed by atoms with Crippen LogP contribution in [0.2, 0.25) is 0 Å². The molecule has 1 aromatic carbocycles. The van der Waals surface area contributed by atoms with E-state index in [4.69, 9.17) is 4.52 Å². The van der Waals surface area contributed by atoms with Crippen LogP contribution in [-0.2, 0) is 11.2 Å². The molecule has 3 rings (SSSR count). The molecule has 0 aliphatic rings. The predicted molar refractivity (Wildman–Crippen MR) is 107 cm³/mol. The molecule has 1 N–H and O–H groups in total. The van der Waals surface area contributed by atoms with Gasteiger partial charge in [-0.05, 0) is 43.2 Å². The number of nitrogens with zero attached hydrogens (tertiary/aromatic N) is 4. The van der Waals surface area contributed by atoms with Crippen molar-refractivity contribution < 1.29 is 9.32 Å². The lowest BCUT2D eigenvalue weighted by Crippen LogP contribution is -2.14. The summed E-state index contributed by atoms with van der Waals surface area (Å²) in [6, 6.07) is 11.4. The van der Waals surface area contributed by atoms with Crippen LogP contribution in [-0.4, -0.2) is 30.1 Å². The third kappa shape index (κ3) is 4.18. The van der Waals surface area contributed by atoms with Crippen LogP contribution in [0.15, 0.2) is 41.1 Å². The van der Waals surface area contributed by atoms with Gasteiger partial charge in [0.1, 0.15) is 17.6 Å². The van der Waals surface area contributed by atoms with Crippen LogP contribution in [0.4, 0.5) is 11.5 Å². The summed E-state index contributed by atoms with van der Waals surface area (Å²) >= 11 is 0. The zero-order chi connectivity index (χ0) is 20.3. The Balaban J connectivity index is 1.85. The van der Waals surface area contributed by atoms with E-state index in [1.807, 2.05) is 52.2 Å². The van der Waals surface area contributed by atoms with Gasteiger partial charge in [-0.2, -0.15) is 5.26 Å². The molecule has 0 saturated carbocycles. The number of pyridine rings is 1. The van der Waals surface area contributed by atoms with E-state index in [1.165, 1.54) is 0 Å². The number of aromatic nitrogens is 2. The first-order valence-corrected chi connectivity index (χ1v) is 8.78. The maximum Gasteiger partial charge on any atom is 0.232 e. The first-order valence-electron chi connectivity index (χ1n) is 8.78. The highest BCUT2D eigenvalue weighted by Gasteiger charge is 2.12. The van der Waals surface area contributed by atoms with Gasteiger partial charge in [-0.3, -0.25) is 4.79 Å². The smallest absolute Gasteiger partial charge is 0.232 e. The van der Waals surface area contributed by atoms with Crippen molar-refractivity contribution in [2.45, 2.75) is 20.3 Å². The molecular formula is C21H21N5O2. The number of carbonyl (C=O) groups excluding carboxylic acids is 1. The van der Waals surface area contributed by atoms with Crippen LogP contribution in [0.3, 0.4) is 0 Å². The standard InChI is InChI=1S/C21H21N5O2/c1-13-5-6-17(24-20(27)10-18-7-14(2)25-28-18)9-19(13)16-8-15(11-22)21(23-12-16)26(3)4/h5-9,12H,10H2,1-4H3,(H,24,27). The predicted octanol–water partition coefficient (Wildman–Crippen LogP) is 3.47. The van der Waals surface area contributed by atoms with Gasteiger partial charge in [-0.1, -0.05) is 11.2 Å². The van der Waals surface area contributed by atoms with Crippen molar-refractivity contribution in [1.29, 1.82) is 5.26 Å². The molecule has 0 unspecified atom stereocenters. The van der Waals surface area contributed by atoms with Gasteiger partial charge in [0.15, 0.2) is 0 Å². The number of anilines is 2. The van der Waals surface area contributed by atoms with E-state index in [2.05, 4.69) is 21.5 Å². The molecule has 7 nitrogen and oxygen atoms in total. The fraction of sp³-hybridized carbons (Fsp3) is 0.238. The highest BCUT2D eigenvalue weighted by atomic mass is 16.5. The number of hydrogen-bond donors (Lipinski definition) is 1. The number of nitrogens with one attached hydrogen (secondary N) is 1. The molecular weight excluding hydrogens is 354 g/mol. The molecule has 0 saturated heterocycles. The second kappa shape index (κ2) is 7.92. The molecule has 0 spiro atoms. The number of hydrogen-bond acceptors (Lipinski definition) is 6. The van der Waals surface area contributed by atoms with Gasteiger partial charge in [0.25, 0.3) is 0 Å². The second-order valence-corrected chi connectivity index (χ2v) is 6.79. The Morgan fingerprint density at radius 1 is 1.25 bits per heavy atom. The van der Waals surface area contributed by atoms with Gasteiger partial charge in [-0.15, -0.1) is 0 Å². The largest absolute Gasteiger partial charge is 0.362 e. The lowest BCUT2D eigenvalue weighted by Gasteiger charge is -2.15. The Labute approximate surface area is 163 Å². The Bertz CT molecular complexity index is 1060. The van der Waals surface area contributed by atoms with Crippen LogP contribution in [0.5, 0.6) is 0 Å². The molecule has 2 heterocycles. The van der Waals surface area contributed by atoms with Crippen LogP contribution in [0.1, 0.15) is 22.6 Å². The van der Waals surface area contributed by atoms with Crippen molar-refractivity contribution in [3.05, 3.63) is 59.1 Å². The Kier molecular flexibility index (Phi) is 5.41. The zero-order valence-corrected chi connectivity index (χ0v) is 16.3. The SMILES string of the molecule is Cc1cc(CC(=O)Nc2ccc(C)c(-c3cnc(N(C)C)c(C#N)c3)c2)on1. The topological polar surface area (TPSA) is 95.1 Å². The van der Waals surface area contributed by atoms with Crippen LogP contribution in [0.25, 0.3) is 11.1 Å². The minimum atomic E-state index is -0.190. The van der Waals surface area contributed by atoms with Gasteiger partial charge in [-0.25, -0.2) is 4.98 Å². The van der Waals surface area contributed by atoms with E-state index in [0.717, 1.165) is 22.4 Å². The van der Waals surface area contributed by atoms with E-state index < -0.39 is 0 Å². The molecule has 0 bridgehead atoms. The van der Waals surface area contributed by atoms with E-state index in [1.54, 1.807) is 17.2 Å². The summed E-state index contributed by atoms with van der Waals surface area (Å²) < 4.78 is 5.09. The minimum Gasteiger partial charge on any atom is -0.362 e. The summed E-state index contributed by atoms with van der Waals surface area (Å²) in [5.74, 6) is 0.949. The van der Waals surface area contributed by atoms with Crippen molar-refractivity contribution in [2.75, 3.05) is 24.3 Å². The Hall–Kier alpha value is -3.66. The number of carbonyl (C=O) groups is 1. The molecule has 0 radical (unpaired) electrons. The summed E-state index contributed by atoms with van der Waals surface area (Å²) in [5.41, 5.74) is 4.65. The van der Waals surface area contributed by atoms with Crippen LogP contribution < -0.4 is 10.2 Å². The van der Waals surface area contributed by atoms with E-state index in [-0.39, 0.29) is 12.3 Å². The maximum atomic E-state index is 12.3. The number of aryl methyl sites for hydroxylation is 2. The maximum absolute atomic E-state index is 12.3. The number of amides is 1. The second-order valence-electron chi connectivity index (χ2n) is 6.79. The summed E-state index contributed by atoms with van der Waals surface area (Å²) in [6.45, 7) is 3.78. The number of nitriles is 1. The van der Waals surface area contributed by atoms with Crippen molar-refractivity contribution in [2.24, 2.45) is 0 Å². The molecule has 0 fully saturated rings. The fourth-order valence-electron chi connectivity index (χ4n) is 2.92. The van der Waals surface area contributed by atoms with E-state index in [0.29, 0.717) is 22.8 Å². The van der Waals surface area contributed by atoms with Gasteiger partial charge < -0.3 is 14.7 Å².